The molecule has 3 heterocycles. The zero-order chi connectivity index (χ0) is 23.1. The minimum Gasteiger partial charge on any atom is -0.382 e. The van der Waals surface area contributed by atoms with Gasteiger partial charge in [0.2, 0.25) is 0 Å². The van der Waals surface area contributed by atoms with Crippen molar-refractivity contribution in [2.24, 2.45) is 0 Å². The Morgan fingerprint density at radius 2 is 1.91 bits per heavy atom. The van der Waals surface area contributed by atoms with E-state index in [1.54, 1.807) is 31.3 Å². The molecule has 1 fully saturated rings. The summed E-state index contributed by atoms with van der Waals surface area (Å²) in [5.74, 6) is 1.09. The van der Waals surface area contributed by atoms with Crippen molar-refractivity contribution in [2.75, 3.05) is 30.3 Å². The van der Waals surface area contributed by atoms with Crippen LogP contribution < -0.4 is 16.0 Å². The number of pyridine rings is 2. The van der Waals surface area contributed by atoms with Crippen LogP contribution in [0.4, 0.5) is 17.3 Å². The van der Waals surface area contributed by atoms with Crippen molar-refractivity contribution in [3.05, 3.63) is 41.7 Å². The van der Waals surface area contributed by atoms with Crippen molar-refractivity contribution in [1.29, 1.82) is 5.26 Å². The minimum atomic E-state index is -0.172. The fourth-order valence-electron chi connectivity index (χ4n) is 3.61. The van der Waals surface area contributed by atoms with Crippen molar-refractivity contribution >= 4 is 29.0 Å². The van der Waals surface area contributed by atoms with Crippen LogP contribution in [0.2, 0.25) is 0 Å². The Morgan fingerprint density at radius 1 is 1.19 bits per heavy atom. The van der Waals surface area contributed by atoms with Gasteiger partial charge in [-0.15, -0.1) is 0 Å². The number of rotatable bonds is 8. The molecule has 2 aromatic rings. The standard InChI is InChI=1S/C23H29N7O2/c1-15(2)27-20-10-22(29-21-5-4-17(11-24)12-25-21)26-13-19(20)23(32)28-18-6-8-30(9-7-18)14-16(3)31/h4-5,10,12-13,15,18H,6-9,14H2,1-3H3,(H,28,32)(H2,25,26,27,29). The smallest absolute Gasteiger partial charge is 0.255 e. The van der Waals surface area contributed by atoms with E-state index in [2.05, 4.69) is 30.8 Å². The topological polar surface area (TPSA) is 123 Å². The molecule has 0 aliphatic carbocycles. The summed E-state index contributed by atoms with van der Waals surface area (Å²) in [6.45, 7) is 7.65. The SMILES string of the molecule is CC(=O)CN1CCC(NC(=O)c2cnc(Nc3ccc(C#N)cn3)cc2NC(C)C)CC1. The Bertz CT molecular complexity index is 990. The summed E-state index contributed by atoms with van der Waals surface area (Å²) in [5, 5.41) is 18.4. The van der Waals surface area contributed by atoms with E-state index < -0.39 is 0 Å². The number of carbonyl (C=O) groups excluding carboxylic acids is 2. The third kappa shape index (κ3) is 6.49. The third-order valence-electron chi connectivity index (χ3n) is 5.11. The number of hydrogen-bond acceptors (Lipinski definition) is 8. The molecule has 0 radical (unpaired) electrons. The predicted octanol–water partition coefficient (Wildman–Crippen LogP) is 2.70. The van der Waals surface area contributed by atoms with E-state index in [4.69, 9.17) is 5.26 Å². The first-order valence-electron chi connectivity index (χ1n) is 10.8. The second-order valence-electron chi connectivity index (χ2n) is 8.31. The molecule has 2 aromatic heterocycles. The maximum absolute atomic E-state index is 13.0. The highest BCUT2D eigenvalue weighted by Gasteiger charge is 2.23. The van der Waals surface area contributed by atoms with Crippen LogP contribution >= 0.6 is 0 Å². The maximum atomic E-state index is 13.0. The van der Waals surface area contributed by atoms with Crippen LogP contribution in [0.3, 0.4) is 0 Å². The van der Waals surface area contributed by atoms with Crippen LogP contribution in [-0.2, 0) is 4.79 Å². The first kappa shape index (κ1) is 23.2. The quantitative estimate of drug-likeness (QED) is 0.578. The van der Waals surface area contributed by atoms with Gasteiger partial charge in [0, 0.05) is 43.6 Å². The average Bonchev–Trinajstić information content (AvgIpc) is 2.75. The predicted molar refractivity (Wildman–Crippen MR) is 123 cm³/mol. The number of hydrogen-bond donors (Lipinski definition) is 3. The van der Waals surface area contributed by atoms with Gasteiger partial charge in [-0.3, -0.25) is 14.5 Å². The number of ketones is 1. The molecule has 0 saturated carbocycles. The van der Waals surface area contributed by atoms with Crippen LogP contribution in [0, 0.1) is 11.3 Å². The molecular weight excluding hydrogens is 406 g/mol. The Hall–Kier alpha value is -3.51. The molecule has 0 aromatic carbocycles. The lowest BCUT2D eigenvalue weighted by atomic mass is 10.0. The van der Waals surface area contributed by atoms with Crippen molar-refractivity contribution < 1.29 is 9.59 Å². The monoisotopic (exact) mass is 435 g/mol. The van der Waals surface area contributed by atoms with Gasteiger partial charge in [0.1, 0.15) is 23.5 Å². The van der Waals surface area contributed by atoms with Gasteiger partial charge in [-0.05, 0) is 45.7 Å². The molecule has 9 nitrogen and oxygen atoms in total. The molecule has 168 valence electrons. The van der Waals surface area contributed by atoms with E-state index in [9.17, 15) is 9.59 Å². The van der Waals surface area contributed by atoms with Gasteiger partial charge in [0.25, 0.3) is 5.91 Å². The second kappa shape index (κ2) is 10.7. The Balaban J connectivity index is 1.69. The van der Waals surface area contributed by atoms with E-state index in [1.807, 2.05) is 19.9 Å². The molecule has 0 spiro atoms. The molecule has 3 N–H and O–H groups in total. The summed E-state index contributed by atoms with van der Waals surface area (Å²) in [6, 6.07) is 7.39. The van der Waals surface area contributed by atoms with Crippen LogP contribution in [-0.4, -0.2) is 58.3 Å². The lowest BCUT2D eigenvalue weighted by Gasteiger charge is -2.31. The first-order chi connectivity index (χ1) is 15.3. The number of nitriles is 1. The second-order valence-corrected chi connectivity index (χ2v) is 8.31. The highest BCUT2D eigenvalue weighted by molar-refractivity contribution is 6.00. The van der Waals surface area contributed by atoms with Crippen molar-refractivity contribution in [2.45, 2.75) is 45.7 Å². The van der Waals surface area contributed by atoms with E-state index in [1.165, 1.54) is 6.20 Å². The van der Waals surface area contributed by atoms with Crippen LogP contribution in [0.15, 0.2) is 30.6 Å². The summed E-state index contributed by atoms with van der Waals surface area (Å²) in [7, 11) is 0. The Labute approximate surface area is 188 Å². The van der Waals surface area contributed by atoms with Gasteiger partial charge in [0.15, 0.2) is 0 Å². The number of anilines is 3. The lowest BCUT2D eigenvalue weighted by Crippen LogP contribution is -2.45. The fourth-order valence-corrected chi connectivity index (χ4v) is 3.61. The zero-order valence-corrected chi connectivity index (χ0v) is 18.7. The van der Waals surface area contributed by atoms with Crippen molar-refractivity contribution in [3.63, 3.8) is 0 Å². The summed E-state index contributed by atoms with van der Waals surface area (Å²) in [4.78, 5) is 35.0. The van der Waals surface area contributed by atoms with E-state index >= 15 is 0 Å². The Morgan fingerprint density at radius 3 is 2.50 bits per heavy atom. The van der Waals surface area contributed by atoms with Gasteiger partial charge in [-0.1, -0.05) is 0 Å². The molecule has 1 saturated heterocycles. The summed E-state index contributed by atoms with van der Waals surface area (Å²) in [6.07, 6.45) is 4.66. The largest absolute Gasteiger partial charge is 0.382 e. The zero-order valence-electron chi connectivity index (χ0n) is 18.7. The summed E-state index contributed by atoms with van der Waals surface area (Å²) in [5.41, 5.74) is 1.63. The number of likely N-dealkylation sites (tertiary alicyclic amines) is 1. The lowest BCUT2D eigenvalue weighted by molar-refractivity contribution is -0.118. The van der Waals surface area contributed by atoms with E-state index in [0.717, 1.165) is 25.9 Å². The molecular formula is C23H29N7O2. The van der Waals surface area contributed by atoms with Gasteiger partial charge in [0.05, 0.1) is 23.4 Å². The molecule has 0 atom stereocenters. The minimum absolute atomic E-state index is 0.0678. The number of amides is 1. The molecule has 3 rings (SSSR count). The number of carbonyl (C=O) groups is 2. The number of nitrogens with zero attached hydrogens (tertiary/aromatic N) is 4. The van der Waals surface area contributed by atoms with E-state index in [-0.39, 0.29) is 23.8 Å². The molecule has 9 heteroatoms. The molecule has 1 amide bonds. The number of aromatic nitrogens is 2. The summed E-state index contributed by atoms with van der Waals surface area (Å²) >= 11 is 0. The van der Waals surface area contributed by atoms with Gasteiger partial charge in [-0.2, -0.15) is 5.26 Å². The molecule has 1 aliphatic rings. The fraction of sp³-hybridized carbons (Fsp3) is 0.435. The highest BCUT2D eigenvalue weighted by atomic mass is 16.1. The van der Waals surface area contributed by atoms with Gasteiger partial charge >= 0.3 is 0 Å². The summed E-state index contributed by atoms with van der Waals surface area (Å²) < 4.78 is 0. The number of nitrogens with one attached hydrogen (secondary N) is 3. The van der Waals surface area contributed by atoms with Crippen molar-refractivity contribution in [3.8, 4) is 6.07 Å². The van der Waals surface area contributed by atoms with Crippen LogP contribution in [0.1, 0.15) is 49.5 Å². The van der Waals surface area contributed by atoms with Gasteiger partial charge < -0.3 is 16.0 Å². The normalized spacial score (nSPS) is 14.6. The maximum Gasteiger partial charge on any atom is 0.255 e. The van der Waals surface area contributed by atoms with Crippen molar-refractivity contribution in [1.82, 2.24) is 20.2 Å². The van der Waals surface area contributed by atoms with E-state index in [0.29, 0.717) is 35.0 Å². The number of Topliss-reactive ketones (excluding diaryl/α,β-unsaturated/α-hetero) is 1. The van der Waals surface area contributed by atoms with Crippen LogP contribution in [0.25, 0.3) is 0 Å². The first-order valence-corrected chi connectivity index (χ1v) is 10.8. The average molecular weight is 436 g/mol. The molecule has 1 aliphatic heterocycles. The van der Waals surface area contributed by atoms with Gasteiger partial charge in [-0.25, -0.2) is 9.97 Å². The molecule has 32 heavy (non-hydrogen) atoms. The molecule has 0 unspecified atom stereocenters. The highest BCUT2D eigenvalue weighted by Crippen LogP contribution is 2.22. The Kier molecular flexibility index (Phi) is 7.73. The third-order valence-corrected chi connectivity index (χ3v) is 5.11. The van der Waals surface area contributed by atoms with Crippen LogP contribution in [0.5, 0.6) is 0 Å². The molecule has 0 bridgehead atoms. The number of piperidine rings is 1.